The summed E-state index contributed by atoms with van der Waals surface area (Å²) >= 11 is 0. The molecule has 0 aliphatic carbocycles. The molecule has 0 unspecified atom stereocenters. The molecule has 0 aliphatic rings. The summed E-state index contributed by atoms with van der Waals surface area (Å²) in [5, 5.41) is 5.26. The minimum atomic E-state index is 0.626. The van der Waals surface area contributed by atoms with Crippen molar-refractivity contribution in [2.75, 3.05) is 0 Å². The second-order valence-electron chi connectivity index (χ2n) is 12.1. The molecule has 0 aliphatic heterocycles. The second kappa shape index (κ2) is 11.6. The van der Waals surface area contributed by atoms with Crippen LogP contribution in [0.4, 0.5) is 0 Å². The number of benzene rings is 5. The summed E-state index contributed by atoms with van der Waals surface area (Å²) in [5.41, 5.74) is 10.3. The van der Waals surface area contributed by atoms with Crippen LogP contribution in [0.15, 0.2) is 161 Å². The van der Waals surface area contributed by atoms with Gasteiger partial charge in [-0.3, -0.25) is 0 Å². The lowest BCUT2D eigenvalue weighted by molar-refractivity contribution is 0.666. The third-order valence-corrected chi connectivity index (χ3v) is 9.05. The first-order chi connectivity index (χ1) is 24.2. The SMILES string of the molecule is C=C/C(=C\C=C(/C)c1nc(-c2ccccc2)cc(-c2cccc3oc4ccccc4c23)n1)c1nc2ccccc2c2c1oc1ccccc12. The van der Waals surface area contributed by atoms with Gasteiger partial charge in [0, 0.05) is 43.6 Å². The van der Waals surface area contributed by atoms with E-state index in [4.69, 9.17) is 23.8 Å². The fourth-order valence-electron chi connectivity index (χ4n) is 6.67. The molecule has 0 radical (unpaired) electrons. The van der Waals surface area contributed by atoms with Crippen LogP contribution in [-0.2, 0) is 0 Å². The van der Waals surface area contributed by atoms with Crippen molar-refractivity contribution in [3.63, 3.8) is 0 Å². The molecule has 9 rings (SSSR count). The third-order valence-electron chi connectivity index (χ3n) is 9.05. The number of nitrogens with zero attached hydrogens (tertiary/aromatic N) is 3. The van der Waals surface area contributed by atoms with Crippen LogP contribution < -0.4 is 0 Å². The molecule has 0 saturated carbocycles. The number of fused-ring (bicyclic) bond motifs is 8. The third kappa shape index (κ3) is 4.83. The highest BCUT2D eigenvalue weighted by Gasteiger charge is 2.19. The number of furan rings is 2. The zero-order valence-electron chi connectivity index (χ0n) is 26.7. The molecule has 9 aromatic rings. The van der Waals surface area contributed by atoms with Gasteiger partial charge in [0.1, 0.15) is 22.4 Å². The first kappa shape index (κ1) is 28.6. The number of allylic oxidation sites excluding steroid dienone is 5. The Kier molecular flexibility index (Phi) is 6.76. The smallest absolute Gasteiger partial charge is 0.162 e. The number of rotatable bonds is 6. The Labute approximate surface area is 282 Å². The van der Waals surface area contributed by atoms with E-state index in [9.17, 15) is 0 Å². The molecule has 4 aromatic heterocycles. The van der Waals surface area contributed by atoms with Crippen LogP contribution in [0.25, 0.3) is 88.4 Å². The molecule has 0 N–H and O–H groups in total. The molecule has 0 atom stereocenters. The standard InChI is InChI=1S/C44H29N3O2/c1-3-28(42-43-41(30-16-7-10-20-34(30)45-42)33-18-9-12-22-38(33)49-43)25-24-27(2)44-46-35(29-14-5-4-6-15-29)26-36(47-44)31-19-13-23-39-40(31)32-17-8-11-21-37(32)48-39/h3-26H,1H2,2H3/b27-24+,28-25+. The molecule has 0 spiro atoms. The lowest BCUT2D eigenvalue weighted by atomic mass is 10.0. The molecule has 5 nitrogen and oxygen atoms in total. The normalized spacial score (nSPS) is 12.5. The van der Waals surface area contributed by atoms with Crippen molar-refractivity contribution in [1.29, 1.82) is 0 Å². The number of pyridine rings is 1. The van der Waals surface area contributed by atoms with Gasteiger partial charge in [0.15, 0.2) is 11.4 Å². The van der Waals surface area contributed by atoms with E-state index >= 15 is 0 Å². The quantitative estimate of drug-likeness (QED) is 0.171. The molecule has 5 heteroatoms. The average Bonchev–Trinajstić information content (AvgIpc) is 3.74. The molecular formula is C44H29N3O2. The van der Waals surface area contributed by atoms with E-state index < -0.39 is 0 Å². The van der Waals surface area contributed by atoms with Crippen molar-refractivity contribution in [2.45, 2.75) is 6.92 Å². The monoisotopic (exact) mass is 631 g/mol. The average molecular weight is 632 g/mol. The number of para-hydroxylation sites is 3. The number of hydrogen-bond donors (Lipinski definition) is 0. The summed E-state index contributed by atoms with van der Waals surface area (Å²) < 4.78 is 12.7. The maximum Gasteiger partial charge on any atom is 0.162 e. The van der Waals surface area contributed by atoms with Crippen molar-refractivity contribution >= 4 is 65.9 Å². The number of hydrogen-bond acceptors (Lipinski definition) is 5. The van der Waals surface area contributed by atoms with Crippen LogP contribution in [0, 0.1) is 0 Å². The van der Waals surface area contributed by atoms with E-state index in [1.165, 1.54) is 0 Å². The molecule has 0 amide bonds. The van der Waals surface area contributed by atoms with Crippen molar-refractivity contribution in [2.24, 2.45) is 0 Å². The Bertz CT molecular complexity index is 2800. The van der Waals surface area contributed by atoms with Crippen molar-refractivity contribution in [1.82, 2.24) is 15.0 Å². The van der Waals surface area contributed by atoms with E-state index in [-0.39, 0.29) is 0 Å². The minimum absolute atomic E-state index is 0.626. The molecule has 4 heterocycles. The van der Waals surface area contributed by atoms with Crippen LogP contribution >= 0.6 is 0 Å². The zero-order valence-corrected chi connectivity index (χ0v) is 26.7. The first-order valence-corrected chi connectivity index (χ1v) is 16.2. The fourth-order valence-corrected chi connectivity index (χ4v) is 6.67. The van der Waals surface area contributed by atoms with Gasteiger partial charge >= 0.3 is 0 Å². The largest absolute Gasteiger partial charge is 0.456 e. The van der Waals surface area contributed by atoms with Crippen LogP contribution in [0.3, 0.4) is 0 Å². The van der Waals surface area contributed by atoms with E-state index in [0.29, 0.717) is 5.82 Å². The van der Waals surface area contributed by atoms with Gasteiger partial charge in [0.2, 0.25) is 0 Å². The van der Waals surface area contributed by atoms with E-state index in [1.807, 2.05) is 110 Å². The van der Waals surface area contributed by atoms with E-state index in [1.54, 1.807) is 0 Å². The second-order valence-corrected chi connectivity index (χ2v) is 12.1. The Morgan fingerprint density at radius 2 is 1.24 bits per heavy atom. The molecule has 0 bridgehead atoms. The van der Waals surface area contributed by atoms with Crippen molar-refractivity contribution in [3.8, 4) is 22.5 Å². The summed E-state index contributed by atoms with van der Waals surface area (Å²) in [7, 11) is 0. The van der Waals surface area contributed by atoms with Crippen molar-refractivity contribution < 1.29 is 8.83 Å². The van der Waals surface area contributed by atoms with Gasteiger partial charge in [-0.2, -0.15) is 0 Å². The maximum atomic E-state index is 6.45. The van der Waals surface area contributed by atoms with Crippen LogP contribution in [0.5, 0.6) is 0 Å². The predicted octanol–water partition coefficient (Wildman–Crippen LogP) is 11.8. The Balaban J connectivity index is 1.22. The van der Waals surface area contributed by atoms with Gasteiger partial charge in [-0.1, -0.05) is 122 Å². The van der Waals surface area contributed by atoms with Gasteiger partial charge in [0.05, 0.1) is 16.9 Å². The molecular weight excluding hydrogens is 603 g/mol. The fraction of sp³-hybridized carbons (Fsp3) is 0.0227. The molecule has 49 heavy (non-hydrogen) atoms. The van der Waals surface area contributed by atoms with Crippen LogP contribution in [0.1, 0.15) is 18.4 Å². The predicted molar refractivity (Wildman–Crippen MR) is 201 cm³/mol. The lowest BCUT2D eigenvalue weighted by Gasteiger charge is -2.10. The highest BCUT2D eigenvalue weighted by Crippen LogP contribution is 2.39. The minimum Gasteiger partial charge on any atom is -0.456 e. The molecule has 232 valence electrons. The molecule has 0 fully saturated rings. The van der Waals surface area contributed by atoms with Gasteiger partial charge < -0.3 is 8.83 Å². The van der Waals surface area contributed by atoms with E-state index in [2.05, 4.69) is 49.0 Å². The number of aromatic nitrogens is 3. The van der Waals surface area contributed by atoms with Crippen molar-refractivity contribution in [3.05, 3.63) is 164 Å². The summed E-state index contributed by atoms with van der Waals surface area (Å²) in [4.78, 5) is 15.3. The first-order valence-electron chi connectivity index (χ1n) is 16.2. The van der Waals surface area contributed by atoms with E-state index in [0.717, 1.165) is 94.1 Å². The van der Waals surface area contributed by atoms with Gasteiger partial charge in [0.25, 0.3) is 0 Å². The lowest BCUT2D eigenvalue weighted by Crippen LogP contribution is -1.98. The maximum absolute atomic E-state index is 6.45. The molecule has 5 aromatic carbocycles. The van der Waals surface area contributed by atoms with Crippen LogP contribution in [0.2, 0.25) is 0 Å². The summed E-state index contributed by atoms with van der Waals surface area (Å²) in [5.74, 6) is 0.626. The Hall–Kier alpha value is -6.59. The van der Waals surface area contributed by atoms with Crippen LogP contribution in [-0.4, -0.2) is 15.0 Å². The summed E-state index contributed by atoms with van der Waals surface area (Å²) in [6.45, 7) is 6.20. The van der Waals surface area contributed by atoms with Gasteiger partial charge in [-0.15, -0.1) is 0 Å². The topological polar surface area (TPSA) is 65.0 Å². The Morgan fingerprint density at radius 3 is 2.04 bits per heavy atom. The Morgan fingerprint density at radius 1 is 0.592 bits per heavy atom. The molecule has 0 saturated heterocycles. The van der Waals surface area contributed by atoms with Gasteiger partial charge in [-0.05, 0) is 42.8 Å². The highest BCUT2D eigenvalue weighted by molar-refractivity contribution is 6.20. The summed E-state index contributed by atoms with van der Waals surface area (Å²) in [6.07, 6.45) is 5.88. The highest BCUT2D eigenvalue weighted by atomic mass is 16.3. The zero-order chi connectivity index (χ0) is 32.9. The van der Waals surface area contributed by atoms with Gasteiger partial charge in [-0.25, -0.2) is 15.0 Å². The summed E-state index contributed by atoms with van der Waals surface area (Å²) in [6, 6.07) is 42.8.